The maximum atomic E-state index is 12.8. The van der Waals surface area contributed by atoms with Gasteiger partial charge in [-0.2, -0.15) is 0 Å². The summed E-state index contributed by atoms with van der Waals surface area (Å²) in [4.78, 5) is 29.4. The van der Waals surface area contributed by atoms with E-state index in [4.69, 9.17) is 18.9 Å². The summed E-state index contributed by atoms with van der Waals surface area (Å²) in [5.74, 6) is 2.08. The Morgan fingerprint density at radius 2 is 1.69 bits per heavy atom. The molecule has 0 bridgehead atoms. The van der Waals surface area contributed by atoms with Crippen LogP contribution in [0.3, 0.4) is 0 Å². The van der Waals surface area contributed by atoms with Crippen LogP contribution in [0.15, 0.2) is 53.3 Å². The molecule has 2 saturated heterocycles. The number of carbonyl (C=O) groups excluding carboxylic acids is 1. The van der Waals surface area contributed by atoms with Crippen LogP contribution in [0.1, 0.15) is 12.8 Å². The smallest absolute Gasteiger partial charge is 0.415 e. The summed E-state index contributed by atoms with van der Waals surface area (Å²) in [6, 6.07) is 14.8. The number of pyridine rings is 1. The fraction of sp³-hybridized carbons (Fsp3) is 0.407. The monoisotopic (exact) mass is 491 g/mol. The van der Waals surface area contributed by atoms with Crippen LogP contribution >= 0.6 is 0 Å². The highest BCUT2D eigenvalue weighted by atomic mass is 16.6. The number of piperidine rings is 1. The first kappa shape index (κ1) is 22.7. The Kier molecular flexibility index (Phi) is 5.72. The number of hydrogen-bond acceptors (Lipinski definition) is 7. The van der Waals surface area contributed by atoms with Gasteiger partial charge in [-0.3, -0.25) is 9.69 Å². The second-order valence-corrected chi connectivity index (χ2v) is 9.55. The van der Waals surface area contributed by atoms with Gasteiger partial charge < -0.3 is 28.4 Å². The summed E-state index contributed by atoms with van der Waals surface area (Å²) in [5, 5.41) is 1.00. The van der Waals surface area contributed by atoms with Gasteiger partial charge in [-0.05, 0) is 35.7 Å². The van der Waals surface area contributed by atoms with Gasteiger partial charge in [0.25, 0.3) is 5.56 Å². The van der Waals surface area contributed by atoms with Crippen LogP contribution in [0.2, 0.25) is 0 Å². The van der Waals surface area contributed by atoms with Gasteiger partial charge >= 0.3 is 6.09 Å². The molecule has 9 heteroatoms. The maximum Gasteiger partial charge on any atom is 0.415 e. The van der Waals surface area contributed by atoms with Gasteiger partial charge in [-0.25, -0.2) is 4.79 Å². The van der Waals surface area contributed by atoms with E-state index in [1.165, 1.54) is 0 Å². The summed E-state index contributed by atoms with van der Waals surface area (Å²) in [6.45, 7) is 4.46. The number of amides is 1. The number of methoxy groups -OCH3 is 1. The molecule has 1 amide bonds. The quantitative estimate of drug-likeness (QED) is 0.542. The molecular weight excluding hydrogens is 462 g/mol. The molecule has 3 aliphatic heterocycles. The van der Waals surface area contributed by atoms with Crippen molar-refractivity contribution >= 4 is 22.7 Å². The van der Waals surface area contributed by atoms with Gasteiger partial charge in [0.05, 0.1) is 24.9 Å². The number of ether oxygens (including phenoxy) is 4. The first-order chi connectivity index (χ1) is 17.5. The number of benzene rings is 2. The average molecular weight is 492 g/mol. The van der Waals surface area contributed by atoms with Gasteiger partial charge in [0, 0.05) is 57.2 Å². The number of likely N-dealkylation sites (tertiary alicyclic amines) is 1. The standard InChI is InChI=1S/C27H29N3O6/c1-33-21-5-2-19-3-7-25(31)29(22(19)17-21)13-12-28-10-8-27(9-11-28)18-30(26(32)36-27)20-4-6-23-24(16-20)35-15-14-34-23/h2-7,16-17H,8-15,18H2,1H3. The van der Waals surface area contributed by atoms with Gasteiger partial charge in [-0.1, -0.05) is 0 Å². The fourth-order valence-corrected chi connectivity index (χ4v) is 5.33. The summed E-state index contributed by atoms with van der Waals surface area (Å²) in [7, 11) is 1.63. The van der Waals surface area contributed by atoms with Crippen molar-refractivity contribution in [2.75, 3.05) is 51.4 Å². The molecule has 2 aromatic carbocycles. The van der Waals surface area contributed by atoms with Crippen molar-refractivity contribution in [3.63, 3.8) is 0 Å². The highest BCUT2D eigenvalue weighted by Crippen LogP contribution is 2.39. The minimum atomic E-state index is -0.496. The lowest BCUT2D eigenvalue weighted by atomic mass is 9.91. The number of fused-ring (bicyclic) bond motifs is 2. The minimum Gasteiger partial charge on any atom is -0.497 e. The summed E-state index contributed by atoms with van der Waals surface area (Å²) >= 11 is 0. The minimum absolute atomic E-state index is 0.0240. The number of aromatic nitrogens is 1. The molecule has 0 saturated carbocycles. The number of nitrogens with zero attached hydrogens (tertiary/aromatic N) is 3. The van der Waals surface area contributed by atoms with Gasteiger partial charge in [-0.15, -0.1) is 0 Å². The second kappa shape index (κ2) is 9.05. The van der Waals surface area contributed by atoms with E-state index in [9.17, 15) is 9.59 Å². The van der Waals surface area contributed by atoms with Crippen LogP contribution in [0.4, 0.5) is 10.5 Å². The normalized spacial score (nSPS) is 19.0. The summed E-state index contributed by atoms with van der Waals surface area (Å²) < 4.78 is 24.4. The highest BCUT2D eigenvalue weighted by Gasteiger charge is 2.47. The van der Waals surface area contributed by atoms with Crippen LogP contribution in [-0.4, -0.2) is 67.7 Å². The third-order valence-electron chi connectivity index (χ3n) is 7.41. The van der Waals surface area contributed by atoms with Crippen molar-refractivity contribution in [3.05, 3.63) is 58.9 Å². The predicted molar refractivity (Wildman–Crippen MR) is 134 cm³/mol. The molecule has 6 rings (SSSR count). The molecule has 1 spiro atoms. The molecule has 3 aromatic rings. The van der Waals surface area contributed by atoms with Crippen LogP contribution in [0.25, 0.3) is 10.9 Å². The molecule has 0 atom stereocenters. The number of carbonyl (C=O) groups is 1. The van der Waals surface area contributed by atoms with Gasteiger partial charge in [0.2, 0.25) is 0 Å². The molecule has 1 aromatic heterocycles. The molecule has 188 valence electrons. The third kappa shape index (κ3) is 4.13. The lowest BCUT2D eigenvalue weighted by Crippen LogP contribution is -2.47. The van der Waals surface area contributed by atoms with Crippen molar-refractivity contribution in [2.45, 2.75) is 25.0 Å². The molecule has 9 nitrogen and oxygen atoms in total. The van der Waals surface area contributed by atoms with E-state index in [1.807, 2.05) is 42.5 Å². The molecule has 0 unspecified atom stereocenters. The van der Waals surface area contributed by atoms with Gasteiger partial charge in [0.1, 0.15) is 24.6 Å². The van der Waals surface area contributed by atoms with Crippen LogP contribution in [0.5, 0.6) is 17.2 Å². The third-order valence-corrected chi connectivity index (χ3v) is 7.41. The molecule has 0 radical (unpaired) electrons. The molecule has 2 fully saturated rings. The fourth-order valence-electron chi connectivity index (χ4n) is 5.33. The van der Waals surface area contributed by atoms with E-state index in [0.29, 0.717) is 37.8 Å². The highest BCUT2D eigenvalue weighted by molar-refractivity contribution is 5.90. The number of hydrogen-bond donors (Lipinski definition) is 0. The van der Waals surface area contributed by atoms with Crippen LogP contribution in [0, 0.1) is 0 Å². The first-order valence-corrected chi connectivity index (χ1v) is 12.3. The van der Waals surface area contributed by atoms with Crippen molar-refractivity contribution in [3.8, 4) is 17.2 Å². The van der Waals surface area contributed by atoms with Crippen molar-refractivity contribution < 1.29 is 23.7 Å². The Bertz CT molecular complexity index is 1360. The molecule has 36 heavy (non-hydrogen) atoms. The van der Waals surface area contributed by atoms with E-state index in [2.05, 4.69) is 4.90 Å². The SMILES string of the molecule is COc1ccc2ccc(=O)n(CCN3CCC4(CC3)CN(c3ccc5c(c3)OCCO5)C(=O)O4)c2c1. The molecule has 3 aliphatic rings. The molecule has 4 heterocycles. The Balaban J connectivity index is 1.11. The number of rotatable bonds is 5. The van der Waals surface area contributed by atoms with E-state index in [1.54, 1.807) is 22.6 Å². The molecular formula is C27H29N3O6. The first-order valence-electron chi connectivity index (χ1n) is 12.3. The zero-order valence-electron chi connectivity index (χ0n) is 20.3. The van der Waals surface area contributed by atoms with E-state index in [0.717, 1.165) is 54.8 Å². The molecule has 0 aliphatic carbocycles. The number of anilines is 1. The lowest BCUT2D eigenvalue weighted by molar-refractivity contribution is 0.000339. The second-order valence-electron chi connectivity index (χ2n) is 9.55. The van der Waals surface area contributed by atoms with E-state index >= 15 is 0 Å². The zero-order chi connectivity index (χ0) is 24.7. The topological polar surface area (TPSA) is 82.5 Å². The zero-order valence-corrected chi connectivity index (χ0v) is 20.3. The predicted octanol–water partition coefficient (Wildman–Crippen LogP) is 3.27. The van der Waals surface area contributed by atoms with E-state index < -0.39 is 5.60 Å². The Labute approximate surface area is 208 Å². The summed E-state index contributed by atoms with van der Waals surface area (Å²) in [5.41, 5.74) is 1.11. The largest absolute Gasteiger partial charge is 0.497 e. The van der Waals surface area contributed by atoms with Crippen molar-refractivity contribution in [1.29, 1.82) is 0 Å². The van der Waals surface area contributed by atoms with E-state index in [-0.39, 0.29) is 11.7 Å². The Morgan fingerprint density at radius 3 is 2.50 bits per heavy atom. The Morgan fingerprint density at radius 1 is 0.917 bits per heavy atom. The molecule has 0 N–H and O–H groups in total. The average Bonchev–Trinajstić information content (AvgIpc) is 3.23. The maximum absolute atomic E-state index is 12.8. The van der Waals surface area contributed by atoms with Gasteiger partial charge in [0.15, 0.2) is 11.5 Å². The Hall–Kier alpha value is -3.72. The summed E-state index contributed by atoms with van der Waals surface area (Å²) in [6.07, 6.45) is 1.17. The van der Waals surface area contributed by atoms with Crippen LogP contribution in [-0.2, 0) is 11.3 Å². The lowest BCUT2D eigenvalue weighted by Gasteiger charge is -2.37. The van der Waals surface area contributed by atoms with Crippen molar-refractivity contribution in [1.82, 2.24) is 9.47 Å². The van der Waals surface area contributed by atoms with Crippen LogP contribution < -0.4 is 24.7 Å². The van der Waals surface area contributed by atoms with Crippen molar-refractivity contribution in [2.24, 2.45) is 0 Å².